The zero-order valence-electron chi connectivity index (χ0n) is 17.3. The SMILES string of the molecule is CCN(C)C(=O)c1cc(-c2ccc(C(N)S(C)(=O)=O)cn2)n(-c2ccc(C)nc2)n1. The first-order valence-electron chi connectivity index (χ1n) is 9.31. The van der Waals surface area contributed by atoms with E-state index in [0.717, 1.165) is 11.9 Å². The second-order valence-electron chi connectivity index (χ2n) is 7.03. The number of hydrogen-bond acceptors (Lipinski definition) is 7. The number of pyridine rings is 2. The van der Waals surface area contributed by atoms with E-state index >= 15 is 0 Å². The second-order valence-corrected chi connectivity index (χ2v) is 9.20. The standard InChI is InChI=1S/C20H24N6O3S/c1-5-25(3)20(27)17-10-18(26(24-17)15-8-6-13(2)22-12-15)16-9-7-14(11-23-16)19(21)30(4,28)29/h6-12,19H,5,21H2,1-4H3. The number of sulfone groups is 1. The van der Waals surface area contributed by atoms with Gasteiger partial charge in [-0.25, -0.2) is 13.1 Å². The third-order valence-electron chi connectivity index (χ3n) is 4.73. The van der Waals surface area contributed by atoms with Crippen molar-refractivity contribution in [3.63, 3.8) is 0 Å². The van der Waals surface area contributed by atoms with Gasteiger partial charge in [-0.15, -0.1) is 0 Å². The van der Waals surface area contributed by atoms with Crippen LogP contribution in [0.15, 0.2) is 42.7 Å². The molecule has 0 saturated carbocycles. The van der Waals surface area contributed by atoms with Crippen molar-refractivity contribution in [1.29, 1.82) is 0 Å². The Kier molecular flexibility index (Phi) is 5.99. The van der Waals surface area contributed by atoms with Crippen LogP contribution in [-0.4, -0.2) is 58.8 Å². The van der Waals surface area contributed by atoms with Crippen molar-refractivity contribution in [3.05, 3.63) is 59.7 Å². The highest BCUT2D eigenvalue weighted by Crippen LogP contribution is 2.25. The summed E-state index contributed by atoms with van der Waals surface area (Å²) in [5.41, 5.74) is 9.06. The van der Waals surface area contributed by atoms with Crippen LogP contribution in [0.4, 0.5) is 0 Å². The summed E-state index contributed by atoms with van der Waals surface area (Å²) in [7, 11) is -1.74. The van der Waals surface area contributed by atoms with Gasteiger partial charge in [-0.05, 0) is 38.1 Å². The van der Waals surface area contributed by atoms with E-state index < -0.39 is 15.2 Å². The van der Waals surface area contributed by atoms with Crippen LogP contribution in [0.3, 0.4) is 0 Å². The largest absolute Gasteiger partial charge is 0.341 e. The molecule has 0 radical (unpaired) electrons. The van der Waals surface area contributed by atoms with E-state index in [1.807, 2.05) is 26.0 Å². The van der Waals surface area contributed by atoms with E-state index in [0.29, 0.717) is 29.2 Å². The molecule has 3 aromatic rings. The smallest absolute Gasteiger partial charge is 0.274 e. The van der Waals surface area contributed by atoms with Gasteiger partial charge < -0.3 is 10.6 Å². The van der Waals surface area contributed by atoms with Crippen molar-refractivity contribution in [2.45, 2.75) is 19.2 Å². The number of nitrogens with two attached hydrogens (primary N) is 1. The number of aromatic nitrogens is 4. The quantitative estimate of drug-likeness (QED) is 0.634. The second kappa shape index (κ2) is 8.33. The molecule has 3 rings (SSSR count). The van der Waals surface area contributed by atoms with Gasteiger partial charge in [0, 0.05) is 37.3 Å². The summed E-state index contributed by atoms with van der Waals surface area (Å²) in [5.74, 6) is -0.215. The van der Waals surface area contributed by atoms with Gasteiger partial charge in [-0.1, -0.05) is 6.07 Å². The van der Waals surface area contributed by atoms with E-state index in [1.165, 1.54) is 6.20 Å². The molecule has 3 aromatic heterocycles. The molecular weight excluding hydrogens is 404 g/mol. The highest BCUT2D eigenvalue weighted by atomic mass is 32.2. The van der Waals surface area contributed by atoms with Gasteiger partial charge in [0.05, 0.1) is 23.3 Å². The van der Waals surface area contributed by atoms with Gasteiger partial charge in [0.2, 0.25) is 0 Å². The third kappa shape index (κ3) is 4.39. The summed E-state index contributed by atoms with van der Waals surface area (Å²) in [6.07, 6.45) is 4.16. The van der Waals surface area contributed by atoms with E-state index in [9.17, 15) is 13.2 Å². The summed E-state index contributed by atoms with van der Waals surface area (Å²) in [4.78, 5) is 22.9. The average molecular weight is 429 g/mol. The molecule has 0 aromatic carbocycles. The normalized spacial score (nSPS) is 12.6. The Balaban J connectivity index is 2.09. The Hall–Kier alpha value is -3.11. The van der Waals surface area contributed by atoms with E-state index in [4.69, 9.17) is 5.73 Å². The molecule has 3 heterocycles. The molecule has 158 valence electrons. The molecule has 0 fully saturated rings. The maximum absolute atomic E-state index is 12.6. The fourth-order valence-electron chi connectivity index (χ4n) is 2.76. The number of amides is 1. The van der Waals surface area contributed by atoms with E-state index in [-0.39, 0.29) is 11.6 Å². The predicted octanol–water partition coefficient (Wildman–Crippen LogP) is 1.73. The predicted molar refractivity (Wildman–Crippen MR) is 114 cm³/mol. The highest BCUT2D eigenvalue weighted by Gasteiger charge is 2.21. The molecule has 1 atom stereocenters. The van der Waals surface area contributed by atoms with Crippen LogP contribution in [0.25, 0.3) is 17.1 Å². The molecule has 0 saturated heterocycles. The van der Waals surface area contributed by atoms with Crippen LogP contribution in [-0.2, 0) is 9.84 Å². The average Bonchev–Trinajstić information content (AvgIpc) is 3.17. The topological polar surface area (TPSA) is 124 Å². The molecule has 0 aliphatic carbocycles. The summed E-state index contributed by atoms with van der Waals surface area (Å²) in [5, 5.41) is 3.32. The molecule has 0 aliphatic rings. The maximum Gasteiger partial charge on any atom is 0.274 e. The number of nitrogens with zero attached hydrogens (tertiary/aromatic N) is 5. The molecule has 1 amide bonds. The Morgan fingerprint density at radius 3 is 2.47 bits per heavy atom. The lowest BCUT2D eigenvalue weighted by Gasteiger charge is -2.11. The van der Waals surface area contributed by atoms with E-state index in [2.05, 4.69) is 15.1 Å². The summed E-state index contributed by atoms with van der Waals surface area (Å²) < 4.78 is 25.0. The first kappa shape index (κ1) is 21.6. The molecule has 1 unspecified atom stereocenters. The molecular formula is C20H24N6O3S. The molecule has 2 N–H and O–H groups in total. The van der Waals surface area contributed by atoms with Gasteiger partial charge >= 0.3 is 0 Å². The molecule has 0 spiro atoms. The zero-order valence-corrected chi connectivity index (χ0v) is 18.1. The van der Waals surface area contributed by atoms with Crippen LogP contribution in [0.2, 0.25) is 0 Å². The minimum atomic E-state index is -3.45. The third-order valence-corrected chi connectivity index (χ3v) is 5.92. The molecule has 0 bridgehead atoms. The van der Waals surface area contributed by atoms with Crippen molar-refractivity contribution in [1.82, 2.24) is 24.6 Å². The number of hydrogen-bond donors (Lipinski definition) is 1. The number of aryl methyl sites for hydroxylation is 1. The van der Waals surface area contributed by atoms with Gasteiger partial charge in [-0.2, -0.15) is 5.10 Å². The van der Waals surface area contributed by atoms with Crippen molar-refractivity contribution in [2.24, 2.45) is 5.73 Å². The monoisotopic (exact) mass is 428 g/mol. The zero-order chi connectivity index (χ0) is 22.1. The lowest BCUT2D eigenvalue weighted by Crippen LogP contribution is -2.26. The molecule has 30 heavy (non-hydrogen) atoms. The fourth-order valence-corrected chi connectivity index (χ4v) is 3.40. The van der Waals surface area contributed by atoms with Crippen LogP contribution >= 0.6 is 0 Å². The van der Waals surface area contributed by atoms with E-state index in [1.54, 1.807) is 41.0 Å². The minimum absolute atomic E-state index is 0.215. The summed E-state index contributed by atoms with van der Waals surface area (Å²) in [6.45, 7) is 4.30. The maximum atomic E-state index is 12.6. The van der Waals surface area contributed by atoms with Gasteiger partial charge in [-0.3, -0.25) is 14.8 Å². The van der Waals surface area contributed by atoms with Crippen LogP contribution in [0, 0.1) is 6.92 Å². The van der Waals surface area contributed by atoms with Gasteiger partial charge in [0.15, 0.2) is 15.5 Å². The van der Waals surface area contributed by atoms with Gasteiger partial charge in [0.1, 0.15) is 5.37 Å². The summed E-state index contributed by atoms with van der Waals surface area (Å²) in [6, 6.07) is 8.63. The van der Waals surface area contributed by atoms with Crippen molar-refractivity contribution >= 4 is 15.7 Å². The van der Waals surface area contributed by atoms with Crippen molar-refractivity contribution in [2.75, 3.05) is 19.8 Å². The molecule has 0 aliphatic heterocycles. The minimum Gasteiger partial charge on any atom is -0.341 e. The summed E-state index contributed by atoms with van der Waals surface area (Å²) >= 11 is 0. The lowest BCUT2D eigenvalue weighted by atomic mass is 10.2. The Labute approximate surface area is 175 Å². The number of rotatable bonds is 6. The molecule has 9 nitrogen and oxygen atoms in total. The van der Waals surface area contributed by atoms with Crippen LogP contribution in [0.1, 0.15) is 34.0 Å². The van der Waals surface area contributed by atoms with Crippen molar-refractivity contribution in [3.8, 4) is 17.1 Å². The van der Waals surface area contributed by atoms with Crippen LogP contribution < -0.4 is 5.73 Å². The van der Waals surface area contributed by atoms with Crippen LogP contribution in [0.5, 0.6) is 0 Å². The first-order valence-corrected chi connectivity index (χ1v) is 11.3. The first-order chi connectivity index (χ1) is 14.1. The fraction of sp³-hybridized carbons (Fsp3) is 0.300. The van der Waals surface area contributed by atoms with Gasteiger partial charge in [0.25, 0.3) is 5.91 Å². The number of carbonyl (C=O) groups is 1. The van der Waals surface area contributed by atoms with Crippen molar-refractivity contribution < 1.29 is 13.2 Å². The highest BCUT2D eigenvalue weighted by molar-refractivity contribution is 7.90. The number of carbonyl (C=O) groups excluding carboxylic acids is 1. The Morgan fingerprint density at radius 1 is 1.20 bits per heavy atom. The molecule has 10 heteroatoms. The lowest BCUT2D eigenvalue weighted by molar-refractivity contribution is 0.0796. The Bertz CT molecular complexity index is 1150. The Morgan fingerprint density at radius 2 is 1.93 bits per heavy atom.